The number of hydrogen-bond donors (Lipinski definition) is 1. The highest BCUT2D eigenvalue weighted by Crippen LogP contribution is 2.33. The molecule has 0 amide bonds. The van der Waals surface area contributed by atoms with Gasteiger partial charge in [0.25, 0.3) is 0 Å². The summed E-state index contributed by atoms with van der Waals surface area (Å²) in [4.78, 5) is 21.5. The van der Waals surface area contributed by atoms with Gasteiger partial charge in [-0.2, -0.15) is 0 Å². The molecule has 136 valence electrons. The van der Waals surface area contributed by atoms with Crippen LogP contribution in [0.3, 0.4) is 0 Å². The van der Waals surface area contributed by atoms with Crippen LogP contribution in [0.5, 0.6) is 0 Å². The molecule has 0 aliphatic rings. The van der Waals surface area contributed by atoms with E-state index in [2.05, 4.69) is 43.0 Å². The van der Waals surface area contributed by atoms with Crippen molar-refractivity contribution in [2.45, 2.75) is 40.7 Å². The molecule has 1 heterocycles. The van der Waals surface area contributed by atoms with E-state index in [1.54, 1.807) is 7.11 Å². The van der Waals surface area contributed by atoms with Gasteiger partial charge in [0.2, 0.25) is 11.6 Å². The molecule has 0 spiro atoms. The van der Waals surface area contributed by atoms with E-state index in [1.165, 1.54) is 6.33 Å². The number of aromatic nitrogens is 2. The lowest BCUT2D eigenvalue weighted by Gasteiger charge is -2.27. The van der Waals surface area contributed by atoms with Crippen LogP contribution in [-0.2, 0) is 4.74 Å². The molecule has 8 nitrogen and oxygen atoms in total. The van der Waals surface area contributed by atoms with Crippen LogP contribution in [0.1, 0.15) is 34.6 Å². The Bertz CT molecular complexity index is 526. The maximum absolute atomic E-state index is 11.7. The highest BCUT2D eigenvalue weighted by atomic mass is 16.6. The Morgan fingerprint density at radius 1 is 1.21 bits per heavy atom. The van der Waals surface area contributed by atoms with Crippen molar-refractivity contribution < 1.29 is 9.66 Å². The van der Waals surface area contributed by atoms with E-state index in [4.69, 9.17) is 4.74 Å². The van der Waals surface area contributed by atoms with Crippen LogP contribution in [0.2, 0.25) is 0 Å². The Morgan fingerprint density at radius 2 is 1.79 bits per heavy atom. The lowest BCUT2D eigenvalue weighted by molar-refractivity contribution is -0.383. The SMILES string of the molecule is COCC(C)Nc1ncnc(N(CC(C)C)CC(C)C)c1[N+](=O)[O-]. The summed E-state index contributed by atoms with van der Waals surface area (Å²) in [6.45, 7) is 12.0. The molecule has 0 bridgehead atoms. The largest absolute Gasteiger partial charge is 0.383 e. The zero-order chi connectivity index (χ0) is 18.3. The van der Waals surface area contributed by atoms with Gasteiger partial charge in [0.15, 0.2) is 0 Å². The van der Waals surface area contributed by atoms with Gasteiger partial charge >= 0.3 is 5.69 Å². The molecule has 8 heteroatoms. The zero-order valence-electron chi connectivity index (χ0n) is 15.4. The minimum Gasteiger partial charge on any atom is -0.383 e. The van der Waals surface area contributed by atoms with Crippen LogP contribution in [0.25, 0.3) is 0 Å². The van der Waals surface area contributed by atoms with Crippen LogP contribution in [0.4, 0.5) is 17.3 Å². The summed E-state index contributed by atoms with van der Waals surface area (Å²) in [7, 11) is 1.59. The van der Waals surface area contributed by atoms with Crippen molar-refractivity contribution >= 4 is 17.3 Å². The second-order valence-electron chi connectivity index (χ2n) is 6.85. The van der Waals surface area contributed by atoms with Gasteiger partial charge in [0.1, 0.15) is 6.33 Å². The maximum Gasteiger partial charge on any atom is 0.353 e. The Labute approximate surface area is 143 Å². The van der Waals surface area contributed by atoms with Gasteiger partial charge in [-0.25, -0.2) is 9.97 Å². The average molecular weight is 339 g/mol. The van der Waals surface area contributed by atoms with Crippen LogP contribution >= 0.6 is 0 Å². The van der Waals surface area contributed by atoms with Crippen molar-refractivity contribution in [2.75, 3.05) is 37.0 Å². The molecule has 24 heavy (non-hydrogen) atoms. The third-order valence-corrected chi connectivity index (χ3v) is 3.26. The molecule has 0 aliphatic heterocycles. The summed E-state index contributed by atoms with van der Waals surface area (Å²) >= 11 is 0. The second-order valence-corrected chi connectivity index (χ2v) is 6.85. The molecule has 0 aromatic carbocycles. The number of hydrogen-bond acceptors (Lipinski definition) is 7. The number of nitro groups is 1. The summed E-state index contributed by atoms with van der Waals surface area (Å²) in [6, 6.07) is -0.0971. The predicted molar refractivity (Wildman–Crippen MR) is 95.5 cm³/mol. The maximum atomic E-state index is 11.7. The summed E-state index contributed by atoms with van der Waals surface area (Å²) in [5.41, 5.74) is -0.0817. The summed E-state index contributed by atoms with van der Waals surface area (Å²) in [5.74, 6) is 1.32. The fourth-order valence-corrected chi connectivity index (χ4v) is 2.53. The van der Waals surface area contributed by atoms with Gasteiger partial charge in [0, 0.05) is 26.2 Å². The van der Waals surface area contributed by atoms with Gasteiger partial charge in [-0.15, -0.1) is 0 Å². The summed E-state index contributed by atoms with van der Waals surface area (Å²) in [6.07, 6.45) is 1.37. The van der Waals surface area contributed by atoms with E-state index in [0.717, 1.165) is 0 Å². The van der Waals surface area contributed by atoms with E-state index in [0.29, 0.717) is 37.4 Å². The number of anilines is 2. The van der Waals surface area contributed by atoms with Gasteiger partial charge in [-0.3, -0.25) is 10.1 Å². The quantitative estimate of drug-likeness (QED) is 0.517. The first-order valence-electron chi connectivity index (χ1n) is 8.26. The van der Waals surface area contributed by atoms with Crippen molar-refractivity contribution in [3.05, 3.63) is 16.4 Å². The van der Waals surface area contributed by atoms with E-state index in [9.17, 15) is 10.1 Å². The second kappa shape index (κ2) is 9.36. The van der Waals surface area contributed by atoms with Crippen LogP contribution < -0.4 is 10.2 Å². The number of rotatable bonds is 10. The van der Waals surface area contributed by atoms with Gasteiger partial charge in [-0.05, 0) is 18.8 Å². The Morgan fingerprint density at radius 3 is 2.25 bits per heavy atom. The normalized spacial score (nSPS) is 12.5. The summed E-state index contributed by atoms with van der Waals surface area (Å²) in [5, 5.41) is 14.7. The van der Waals surface area contributed by atoms with Crippen molar-refractivity contribution in [1.29, 1.82) is 0 Å². The predicted octanol–water partition coefficient (Wildman–Crippen LogP) is 2.95. The molecule has 1 rings (SSSR count). The van der Waals surface area contributed by atoms with E-state index < -0.39 is 4.92 Å². The molecule has 1 atom stereocenters. The topological polar surface area (TPSA) is 93.4 Å². The number of nitrogens with one attached hydrogen (secondary N) is 1. The lowest BCUT2D eigenvalue weighted by atomic mass is 10.1. The fourth-order valence-electron chi connectivity index (χ4n) is 2.53. The molecular weight excluding hydrogens is 310 g/mol. The fraction of sp³-hybridized carbons (Fsp3) is 0.750. The smallest absolute Gasteiger partial charge is 0.353 e. The van der Waals surface area contributed by atoms with Crippen LogP contribution in [-0.4, -0.2) is 47.7 Å². The van der Waals surface area contributed by atoms with Gasteiger partial charge in [-0.1, -0.05) is 27.7 Å². The average Bonchev–Trinajstić information content (AvgIpc) is 2.45. The van der Waals surface area contributed by atoms with Crippen molar-refractivity contribution in [3.63, 3.8) is 0 Å². The highest BCUT2D eigenvalue weighted by molar-refractivity contribution is 5.70. The van der Waals surface area contributed by atoms with E-state index in [-0.39, 0.29) is 17.5 Å². The Kier molecular flexibility index (Phi) is 7.84. The van der Waals surface area contributed by atoms with E-state index >= 15 is 0 Å². The first kappa shape index (κ1) is 20.1. The third kappa shape index (κ3) is 5.92. The molecule has 0 radical (unpaired) electrons. The zero-order valence-corrected chi connectivity index (χ0v) is 15.4. The van der Waals surface area contributed by atoms with Crippen LogP contribution in [0.15, 0.2) is 6.33 Å². The first-order chi connectivity index (χ1) is 11.3. The molecule has 0 saturated heterocycles. The summed E-state index contributed by atoms with van der Waals surface area (Å²) < 4.78 is 5.07. The minimum absolute atomic E-state index is 0.0817. The third-order valence-electron chi connectivity index (χ3n) is 3.26. The molecule has 1 aromatic heterocycles. The molecule has 0 saturated carbocycles. The van der Waals surface area contributed by atoms with E-state index in [1.807, 2.05) is 11.8 Å². The monoisotopic (exact) mass is 339 g/mol. The van der Waals surface area contributed by atoms with Crippen molar-refractivity contribution in [1.82, 2.24) is 9.97 Å². The highest BCUT2D eigenvalue weighted by Gasteiger charge is 2.28. The Balaban J connectivity index is 3.26. The van der Waals surface area contributed by atoms with Crippen molar-refractivity contribution in [2.24, 2.45) is 11.8 Å². The number of ether oxygens (including phenoxy) is 1. The number of methoxy groups -OCH3 is 1. The minimum atomic E-state index is -0.412. The van der Waals surface area contributed by atoms with Gasteiger partial charge in [0.05, 0.1) is 11.5 Å². The Hall–Kier alpha value is -1.96. The first-order valence-corrected chi connectivity index (χ1v) is 8.26. The molecule has 1 unspecified atom stereocenters. The standard InChI is InChI=1S/C16H29N5O3/c1-11(2)7-20(8-12(3)4)16-14(21(22)23)15(17-10-18-16)19-13(5)9-24-6/h10-13H,7-9H2,1-6H3,(H,17,18,19). The molecule has 1 aromatic rings. The molecular formula is C16H29N5O3. The molecule has 0 aliphatic carbocycles. The molecule has 0 fully saturated rings. The number of nitrogens with zero attached hydrogens (tertiary/aromatic N) is 4. The lowest BCUT2D eigenvalue weighted by Crippen LogP contribution is -2.33. The van der Waals surface area contributed by atoms with Crippen LogP contribution in [0, 0.1) is 22.0 Å². The van der Waals surface area contributed by atoms with Crippen molar-refractivity contribution in [3.8, 4) is 0 Å². The van der Waals surface area contributed by atoms with Gasteiger partial charge < -0.3 is 15.0 Å². The molecule has 1 N–H and O–H groups in total.